The molecule has 0 radical (unpaired) electrons. The fourth-order valence-corrected chi connectivity index (χ4v) is 1.88. The van der Waals surface area contributed by atoms with E-state index in [0.717, 1.165) is 0 Å². The molecule has 0 aliphatic carbocycles. The molecule has 2 heterocycles. The number of carbonyl (C=O) groups excluding carboxylic acids is 1. The van der Waals surface area contributed by atoms with Crippen molar-refractivity contribution >= 4 is 29.3 Å². The van der Waals surface area contributed by atoms with Crippen LogP contribution in [-0.2, 0) is 4.79 Å². The topological polar surface area (TPSA) is 96.5 Å². The molecule has 90 valence electrons. The number of nitrogens with two attached hydrogens (primary N) is 1. The van der Waals surface area contributed by atoms with Crippen molar-refractivity contribution in [3.63, 3.8) is 0 Å². The van der Waals surface area contributed by atoms with Crippen LogP contribution in [0.15, 0.2) is 12.1 Å². The number of amides is 1. The molecular formula is C10H10ClN3O3. The Labute approximate surface area is 102 Å². The van der Waals surface area contributed by atoms with Crippen molar-refractivity contribution in [1.29, 1.82) is 0 Å². The molecule has 0 spiro atoms. The van der Waals surface area contributed by atoms with E-state index in [0.29, 0.717) is 0 Å². The number of carboxylic acids is 1. The van der Waals surface area contributed by atoms with E-state index in [1.54, 1.807) is 0 Å². The van der Waals surface area contributed by atoms with E-state index >= 15 is 0 Å². The van der Waals surface area contributed by atoms with Gasteiger partial charge in [-0.1, -0.05) is 11.6 Å². The van der Waals surface area contributed by atoms with Crippen LogP contribution in [-0.4, -0.2) is 34.6 Å². The van der Waals surface area contributed by atoms with Crippen LogP contribution in [0.25, 0.3) is 0 Å². The molecule has 1 amide bonds. The summed E-state index contributed by atoms with van der Waals surface area (Å²) in [6.45, 7) is 0.256. The van der Waals surface area contributed by atoms with Crippen molar-refractivity contribution in [2.75, 3.05) is 11.4 Å². The van der Waals surface area contributed by atoms with E-state index in [1.165, 1.54) is 17.0 Å². The minimum absolute atomic E-state index is 0.0583. The van der Waals surface area contributed by atoms with Crippen molar-refractivity contribution in [2.45, 2.75) is 12.5 Å². The molecule has 6 nitrogen and oxygen atoms in total. The zero-order valence-corrected chi connectivity index (χ0v) is 9.52. The highest BCUT2D eigenvalue weighted by Gasteiger charge is 2.31. The number of anilines is 1. The standard InChI is InChI=1S/C10H10ClN3O3/c11-7-2-1-6(10(16)17)9(13-7)14-4-5(12)3-8(14)15/h1-2,5H,3-4,12H2,(H,16,17). The molecule has 1 atom stereocenters. The van der Waals surface area contributed by atoms with Gasteiger partial charge in [0, 0.05) is 19.0 Å². The lowest BCUT2D eigenvalue weighted by Crippen LogP contribution is -2.30. The van der Waals surface area contributed by atoms with Gasteiger partial charge in [-0.2, -0.15) is 0 Å². The number of pyridine rings is 1. The summed E-state index contributed by atoms with van der Waals surface area (Å²) in [5, 5.41) is 9.15. The Morgan fingerprint density at radius 3 is 2.82 bits per heavy atom. The summed E-state index contributed by atoms with van der Waals surface area (Å²) in [6, 6.07) is 2.39. The minimum atomic E-state index is -1.16. The largest absolute Gasteiger partial charge is 0.478 e. The highest BCUT2D eigenvalue weighted by molar-refractivity contribution is 6.29. The maximum absolute atomic E-state index is 11.6. The first-order valence-corrected chi connectivity index (χ1v) is 5.32. The number of halogens is 1. The smallest absolute Gasteiger partial charge is 0.339 e. The Morgan fingerprint density at radius 1 is 1.59 bits per heavy atom. The van der Waals surface area contributed by atoms with Crippen LogP contribution in [0.3, 0.4) is 0 Å². The number of hydrogen-bond acceptors (Lipinski definition) is 4. The van der Waals surface area contributed by atoms with Gasteiger partial charge in [0.1, 0.15) is 10.7 Å². The summed E-state index contributed by atoms with van der Waals surface area (Å²) in [5.74, 6) is -1.34. The Morgan fingerprint density at radius 2 is 2.29 bits per heavy atom. The Balaban J connectivity index is 2.46. The van der Waals surface area contributed by atoms with Crippen molar-refractivity contribution in [2.24, 2.45) is 5.73 Å². The summed E-state index contributed by atoms with van der Waals surface area (Å²) < 4.78 is 0. The van der Waals surface area contributed by atoms with Crippen LogP contribution in [0, 0.1) is 0 Å². The maximum atomic E-state index is 11.6. The zero-order valence-electron chi connectivity index (χ0n) is 8.76. The van der Waals surface area contributed by atoms with Crippen molar-refractivity contribution < 1.29 is 14.7 Å². The average molecular weight is 256 g/mol. The van der Waals surface area contributed by atoms with E-state index in [9.17, 15) is 9.59 Å². The lowest BCUT2D eigenvalue weighted by molar-refractivity contribution is -0.117. The normalized spacial score (nSPS) is 19.8. The van der Waals surface area contributed by atoms with Gasteiger partial charge in [0.2, 0.25) is 5.91 Å². The van der Waals surface area contributed by atoms with Crippen LogP contribution in [0.1, 0.15) is 16.8 Å². The lowest BCUT2D eigenvalue weighted by atomic mass is 10.2. The molecule has 0 saturated carbocycles. The third-order valence-electron chi connectivity index (χ3n) is 2.48. The highest BCUT2D eigenvalue weighted by Crippen LogP contribution is 2.25. The average Bonchev–Trinajstić information content (AvgIpc) is 2.57. The van der Waals surface area contributed by atoms with Crippen LogP contribution in [0.2, 0.25) is 5.15 Å². The molecule has 1 saturated heterocycles. The molecule has 0 aromatic carbocycles. The summed E-state index contributed by atoms with van der Waals surface area (Å²) in [4.78, 5) is 27.8. The molecular weight excluding hydrogens is 246 g/mol. The van der Waals surface area contributed by atoms with Gasteiger partial charge in [-0.3, -0.25) is 9.69 Å². The zero-order chi connectivity index (χ0) is 12.6. The van der Waals surface area contributed by atoms with Gasteiger partial charge in [0.25, 0.3) is 0 Å². The number of nitrogens with zero attached hydrogens (tertiary/aromatic N) is 2. The molecule has 2 rings (SSSR count). The number of rotatable bonds is 2. The number of aromatic carboxylic acids is 1. The molecule has 1 fully saturated rings. The molecule has 1 aromatic heterocycles. The third kappa shape index (κ3) is 2.22. The Bertz CT molecular complexity index is 492. The van der Waals surface area contributed by atoms with E-state index in [4.69, 9.17) is 22.4 Å². The van der Waals surface area contributed by atoms with Gasteiger partial charge in [-0.05, 0) is 12.1 Å². The SMILES string of the molecule is NC1CC(=O)N(c2nc(Cl)ccc2C(=O)O)C1. The number of aromatic nitrogens is 1. The Kier molecular flexibility index (Phi) is 2.99. The second-order valence-electron chi connectivity index (χ2n) is 3.78. The molecule has 1 unspecified atom stereocenters. The third-order valence-corrected chi connectivity index (χ3v) is 2.69. The van der Waals surface area contributed by atoms with Crippen LogP contribution >= 0.6 is 11.6 Å². The van der Waals surface area contributed by atoms with Gasteiger partial charge >= 0.3 is 5.97 Å². The first kappa shape index (κ1) is 11.8. The lowest BCUT2D eigenvalue weighted by Gasteiger charge is -2.17. The second kappa shape index (κ2) is 4.31. The van der Waals surface area contributed by atoms with Crippen LogP contribution < -0.4 is 10.6 Å². The predicted molar refractivity (Wildman–Crippen MR) is 61.2 cm³/mol. The second-order valence-corrected chi connectivity index (χ2v) is 4.17. The van der Waals surface area contributed by atoms with Crippen molar-refractivity contribution in [3.8, 4) is 0 Å². The molecule has 1 aromatic rings. The van der Waals surface area contributed by atoms with Gasteiger partial charge in [0.05, 0.1) is 0 Å². The summed E-state index contributed by atoms with van der Waals surface area (Å²) in [5.41, 5.74) is 5.59. The number of carboxylic acid groups (broad SMARTS) is 1. The molecule has 0 bridgehead atoms. The quantitative estimate of drug-likeness (QED) is 0.750. The molecule has 7 heteroatoms. The summed E-state index contributed by atoms with van der Waals surface area (Å²) in [6.07, 6.45) is 0.188. The maximum Gasteiger partial charge on any atom is 0.339 e. The number of carbonyl (C=O) groups is 2. The molecule has 1 aliphatic rings. The van der Waals surface area contributed by atoms with Gasteiger partial charge < -0.3 is 10.8 Å². The van der Waals surface area contributed by atoms with E-state index in [2.05, 4.69) is 4.98 Å². The van der Waals surface area contributed by atoms with Gasteiger partial charge in [-0.25, -0.2) is 9.78 Å². The van der Waals surface area contributed by atoms with E-state index < -0.39 is 5.97 Å². The molecule has 17 heavy (non-hydrogen) atoms. The van der Waals surface area contributed by atoms with Gasteiger partial charge in [0.15, 0.2) is 5.82 Å². The van der Waals surface area contributed by atoms with Crippen LogP contribution in [0.4, 0.5) is 5.82 Å². The van der Waals surface area contributed by atoms with Gasteiger partial charge in [-0.15, -0.1) is 0 Å². The van der Waals surface area contributed by atoms with E-state index in [-0.39, 0.29) is 41.4 Å². The van der Waals surface area contributed by atoms with E-state index in [1.807, 2.05) is 0 Å². The summed E-state index contributed by atoms with van der Waals surface area (Å²) in [7, 11) is 0. The number of hydrogen-bond donors (Lipinski definition) is 2. The molecule has 3 N–H and O–H groups in total. The van der Waals surface area contributed by atoms with Crippen LogP contribution in [0.5, 0.6) is 0 Å². The summed E-state index contributed by atoms with van der Waals surface area (Å²) >= 11 is 5.71. The minimum Gasteiger partial charge on any atom is -0.478 e. The monoisotopic (exact) mass is 255 g/mol. The fraction of sp³-hybridized carbons (Fsp3) is 0.300. The predicted octanol–water partition coefficient (Wildman–Crippen LogP) is 0.497. The Hall–Kier alpha value is -1.66. The van der Waals surface area contributed by atoms with Crippen molar-refractivity contribution in [3.05, 3.63) is 22.8 Å². The van der Waals surface area contributed by atoms with Crippen molar-refractivity contribution in [1.82, 2.24) is 4.98 Å². The first-order chi connectivity index (χ1) is 7.99. The molecule has 1 aliphatic heterocycles. The first-order valence-electron chi connectivity index (χ1n) is 4.95. The fourth-order valence-electron chi connectivity index (χ4n) is 1.74. The highest BCUT2D eigenvalue weighted by atomic mass is 35.5.